The van der Waals surface area contributed by atoms with E-state index in [9.17, 15) is 4.79 Å². The average molecular weight is 384 g/mol. The highest BCUT2D eigenvalue weighted by atomic mass is 16.7. The first kappa shape index (κ1) is 19.9. The first-order chi connectivity index (χ1) is 13.5. The topological polar surface area (TPSA) is 78.9 Å². The number of anilines is 1. The molecule has 0 saturated carbocycles. The number of aromatic nitrogens is 1. The lowest BCUT2D eigenvalue weighted by Crippen LogP contribution is -2.45. The Hall–Kier alpha value is -2.90. The van der Waals surface area contributed by atoms with E-state index in [2.05, 4.69) is 16.9 Å². The fourth-order valence-electron chi connectivity index (χ4n) is 2.66. The summed E-state index contributed by atoms with van der Waals surface area (Å²) in [6.07, 6.45) is 2.68. The maximum Gasteiger partial charge on any atom is 0.235 e. The summed E-state index contributed by atoms with van der Waals surface area (Å²) in [7, 11) is 1.62. The summed E-state index contributed by atoms with van der Waals surface area (Å²) in [6, 6.07) is 10.9. The van der Waals surface area contributed by atoms with Crippen LogP contribution in [0.25, 0.3) is 0 Å². The maximum absolute atomic E-state index is 12.7. The number of methoxy groups -OCH3 is 1. The van der Waals surface area contributed by atoms with Crippen molar-refractivity contribution in [2.75, 3.05) is 32.2 Å². The molecule has 1 aliphatic heterocycles. The molecule has 2 aromatic rings. The minimum Gasteiger partial charge on any atom is -0.497 e. The number of benzene rings is 1. The minimum atomic E-state index is -0.805. The molecule has 0 bridgehead atoms. The van der Waals surface area contributed by atoms with Crippen molar-refractivity contribution < 1.29 is 23.7 Å². The summed E-state index contributed by atoms with van der Waals surface area (Å²) in [4.78, 5) is 16.9. The second-order valence-corrected chi connectivity index (χ2v) is 6.73. The number of pyridine rings is 1. The number of nitrogens with one attached hydrogen (secondary N) is 1. The van der Waals surface area contributed by atoms with Crippen LogP contribution in [-0.4, -0.2) is 37.8 Å². The van der Waals surface area contributed by atoms with Crippen molar-refractivity contribution >= 4 is 11.6 Å². The van der Waals surface area contributed by atoms with E-state index in [4.69, 9.17) is 18.9 Å². The van der Waals surface area contributed by atoms with Gasteiger partial charge in [-0.05, 0) is 25.1 Å². The third kappa shape index (κ3) is 4.68. The number of carbonyl (C=O) groups excluding carboxylic acids is 1. The molecule has 0 aliphatic carbocycles. The fraction of sp³-hybridized carbons (Fsp3) is 0.333. The van der Waals surface area contributed by atoms with Crippen LogP contribution in [0.5, 0.6) is 11.6 Å². The molecule has 28 heavy (non-hydrogen) atoms. The van der Waals surface area contributed by atoms with Crippen molar-refractivity contribution in [3.05, 3.63) is 60.8 Å². The molecule has 0 unspecified atom stereocenters. The zero-order chi connectivity index (χ0) is 20.0. The number of hydrogen-bond acceptors (Lipinski definition) is 6. The normalized spacial score (nSPS) is 21.6. The van der Waals surface area contributed by atoms with E-state index < -0.39 is 11.7 Å². The molecule has 2 heterocycles. The molecule has 0 spiro atoms. The highest BCUT2D eigenvalue weighted by Gasteiger charge is 2.40. The van der Waals surface area contributed by atoms with Gasteiger partial charge in [0.05, 0.1) is 37.6 Å². The van der Waals surface area contributed by atoms with Gasteiger partial charge in [0.2, 0.25) is 11.8 Å². The molecule has 1 fully saturated rings. The maximum atomic E-state index is 12.7. The summed E-state index contributed by atoms with van der Waals surface area (Å²) < 4.78 is 22.1. The van der Waals surface area contributed by atoms with E-state index in [0.717, 1.165) is 11.3 Å². The molecule has 148 valence electrons. The lowest BCUT2D eigenvalue weighted by Gasteiger charge is -2.36. The van der Waals surface area contributed by atoms with Crippen molar-refractivity contribution in [1.82, 2.24) is 4.98 Å². The van der Waals surface area contributed by atoms with Gasteiger partial charge in [-0.2, -0.15) is 0 Å². The van der Waals surface area contributed by atoms with Crippen LogP contribution in [0.4, 0.5) is 5.69 Å². The van der Waals surface area contributed by atoms with Crippen molar-refractivity contribution in [3.8, 4) is 11.6 Å². The Balaban J connectivity index is 1.56. The molecule has 7 heteroatoms. The first-order valence-corrected chi connectivity index (χ1v) is 8.92. The monoisotopic (exact) mass is 384 g/mol. The summed E-state index contributed by atoms with van der Waals surface area (Å²) in [5.74, 6) is 1.04. The molecular formula is C21H24N2O5. The molecule has 1 aliphatic rings. The van der Waals surface area contributed by atoms with Gasteiger partial charge < -0.3 is 24.3 Å². The molecule has 0 atom stereocenters. The summed E-state index contributed by atoms with van der Waals surface area (Å²) in [5.41, 5.74) is 0.651. The Labute approximate surface area is 164 Å². The fourth-order valence-corrected chi connectivity index (χ4v) is 2.66. The van der Waals surface area contributed by atoms with Crippen LogP contribution >= 0.6 is 0 Å². The third-order valence-electron chi connectivity index (χ3n) is 4.39. The Morgan fingerprint density at radius 1 is 1.29 bits per heavy atom. The van der Waals surface area contributed by atoms with E-state index in [-0.39, 0.29) is 19.1 Å². The lowest BCUT2D eigenvalue weighted by atomic mass is 9.90. The van der Waals surface area contributed by atoms with Gasteiger partial charge >= 0.3 is 0 Å². The quantitative estimate of drug-likeness (QED) is 0.738. The molecule has 1 amide bonds. The second kappa shape index (κ2) is 8.86. The van der Waals surface area contributed by atoms with Crippen LogP contribution in [0.15, 0.2) is 55.3 Å². The average Bonchev–Trinajstić information content (AvgIpc) is 2.74. The van der Waals surface area contributed by atoms with Crippen molar-refractivity contribution in [3.63, 3.8) is 0 Å². The zero-order valence-corrected chi connectivity index (χ0v) is 16.0. The van der Waals surface area contributed by atoms with Crippen LogP contribution in [0.3, 0.4) is 0 Å². The molecule has 1 aromatic carbocycles. The molecule has 7 nitrogen and oxygen atoms in total. The van der Waals surface area contributed by atoms with E-state index in [1.165, 1.54) is 0 Å². The van der Waals surface area contributed by atoms with Crippen LogP contribution in [0, 0.1) is 5.41 Å². The zero-order valence-electron chi connectivity index (χ0n) is 16.0. The predicted molar refractivity (Wildman–Crippen MR) is 104 cm³/mol. The van der Waals surface area contributed by atoms with Gasteiger partial charge in [-0.1, -0.05) is 24.8 Å². The van der Waals surface area contributed by atoms with Gasteiger partial charge in [0.1, 0.15) is 12.4 Å². The van der Waals surface area contributed by atoms with E-state index >= 15 is 0 Å². The molecule has 1 saturated heterocycles. The number of ether oxygens (including phenoxy) is 4. The van der Waals surface area contributed by atoms with Gasteiger partial charge in [-0.25, -0.2) is 4.98 Å². The Morgan fingerprint density at radius 3 is 2.57 bits per heavy atom. The van der Waals surface area contributed by atoms with Crippen LogP contribution < -0.4 is 14.8 Å². The number of carbonyl (C=O) groups is 1. The van der Waals surface area contributed by atoms with E-state index in [0.29, 0.717) is 18.2 Å². The molecule has 1 aromatic heterocycles. The first-order valence-electron chi connectivity index (χ1n) is 8.92. The third-order valence-corrected chi connectivity index (χ3v) is 4.39. The van der Waals surface area contributed by atoms with Crippen LogP contribution in [-0.2, 0) is 14.3 Å². The summed E-state index contributed by atoms with van der Waals surface area (Å²) >= 11 is 0. The molecule has 3 rings (SSSR count). The molecule has 0 radical (unpaired) electrons. The highest BCUT2D eigenvalue weighted by Crippen LogP contribution is 2.33. The van der Waals surface area contributed by atoms with Crippen molar-refractivity contribution in [2.45, 2.75) is 13.2 Å². The van der Waals surface area contributed by atoms with Gasteiger partial charge in [-0.15, -0.1) is 0 Å². The van der Waals surface area contributed by atoms with Gasteiger partial charge in [-0.3, -0.25) is 4.79 Å². The van der Waals surface area contributed by atoms with Crippen molar-refractivity contribution in [1.29, 1.82) is 0 Å². The smallest absolute Gasteiger partial charge is 0.235 e. The van der Waals surface area contributed by atoms with Crippen LogP contribution in [0.1, 0.15) is 18.8 Å². The van der Waals surface area contributed by atoms with E-state index in [1.54, 1.807) is 31.5 Å². The molecule has 1 N–H and O–H groups in total. The highest BCUT2D eigenvalue weighted by molar-refractivity contribution is 5.95. The van der Waals surface area contributed by atoms with Gasteiger partial charge in [0, 0.05) is 11.6 Å². The summed E-state index contributed by atoms with van der Waals surface area (Å²) in [5, 5.41) is 2.85. The SMILES string of the molecule is C=CCOc1ccc(NC(=O)C2(C)COC(c3ccc(OC)cc3)OC2)cn1. The standard InChI is InChI=1S/C21H24N2O5/c1-4-11-26-18-10-7-16(12-22-18)23-20(24)21(2)13-27-19(28-14-21)15-5-8-17(25-3)9-6-15/h4-10,12,19H,1,11,13-14H2,2-3H3,(H,23,24). The summed E-state index contributed by atoms with van der Waals surface area (Å²) in [6.45, 7) is 6.25. The second-order valence-electron chi connectivity index (χ2n) is 6.73. The van der Waals surface area contributed by atoms with E-state index in [1.807, 2.05) is 31.2 Å². The van der Waals surface area contributed by atoms with Gasteiger partial charge in [0.25, 0.3) is 0 Å². The van der Waals surface area contributed by atoms with Crippen LogP contribution in [0.2, 0.25) is 0 Å². The Bertz CT molecular complexity index is 797. The number of amides is 1. The number of rotatable bonds is 7. The number of nitrogens with zero attached hydrogens (tertiary/aromatic N) is 1. The predicted octanol–water partition coefficient (Wildman–Crippen LogP) is 3.35. The lowest BCUT2D eigenvalue weighted by molar-refractivity contribution is -0.226. The Kier molecular flexibility index (Phi) is 6.28. The number of hydrogen-bond donors (Lipinski definition) is 1. The van der Waals surface area contributed by atoms with Crippen molar-refractivity contribution in [2.24, 2.45) is 5.41 Å². The molecular weight excluding hydrogens is 360 g/mol. The largest absolute Gasteiger partial charge is 0.497 e. The minimum absolute atomic E-state index is 0.192. The Morgan fingerprint density at radius 2 is 2.00 bits per heavy atom. The van der Waals surface area contributed by atoms with Gasteiger partial charge in [0.15, 0.2) is 6.29 Å².